The highest BCUT2D eigenvalue weighted by Gasteiger charge is 2.28. The molecule has 1 aromatic heterocycles. The van der Waals surface area contributed by atoms with Crippen molar-refractivity contribution < 1.29 is 9.63 Å². The fraction of sp³-hybridized carbons (Fsp3) is 0.667. The molecule has 1 heterocycles. The third-order valence-corrected chi connectivity index (χ3v) is 2.35. The number of aromatic nitrogens is 1. The minimum atomic E-state index is -0.193. The van der Waals surface area contributed by atoms with Crippen molar-refractivity contribution in [2.45, 2.75) is 31.2 Å². The second-order valence-electron chi connectivity index (χ2n) is 3.55. The standard InChI is InChI=1S/C9H14N2O2/c10-7(3-4-12)8-5-9(13-11-8)6-1-2-6/h5-7,12H,1-4,10H2. The molecule has 1 aliphatic rings. The van der Waals surface area contributed by atoms with Crippen molar-refractivity contribution in [1.82, 2.24) is 5.16 Å². The summed E-state index contributed by atoms with van der Waals surface area (Å²) in [6, 6.07) is 1.72. The lowest BCUT2D eigenvalue weighted by Crippen LogP contribution is -2.11. The first-order valence-electron chi connectivity index (χ1n) is 4.64. The number of aliphatic hydroxyl groups is 1. The lowest BCUT2D eigenvalue weighted by Gasteiger charge is -2.03. The third-order valence-electron chi connectivity index (χ3n) is 2.35. The zero-order valence-electron chi connectivity index (χ0n) is 7.44. The van der Waals surface area contributed by atoms with Crippen LogP contribution in [0.1, 0.15) is 42.7 Å². The summed E-state index contributed by atoms with van der Waals surface area (Å²) in [5.41, 5.74) is 6.52. The number of nitrogens with two attached hydrogens (primary N) is 1. The van der Waals surface area contributed by atoms with Gasteiger partial charge in [-0.25, -0.2) is 0 Å². The molecule has 1 aromatic rings. The Hall–Kier alpha value is -0.870. The maximum Gasteiger partial charge on any atom is 0.140 e. The van der Waals surface area contributed by atoms with Crippen molar-refractivity contribution in [3.8, 4) is 0 Å². The SMILES string of the molecule is NC(CCO)c1cc(C2CC2)on1. The van der Waals surface area contributed by atoms with Gasteiger partial charge in [-0.15, -0.1) is 0 Å². The van der Waals surface area contributed by atoms with Gasteiger partial charge < -0.3 is 15.4 Å². The van der Waals surface area contributed by atoms with Crippen molar-refractivity contribution in [2.24, 2.45) is 5.73 Å². The van der Waals surface area contributed by atoms with E-state index in [1.54, 1.807) is 0 Å². The van der Waals surface area contributed by atoms with E-state index in [9.17, 15) is 0 Å². The molecule has 3 N–H and O–H groups in total. The first-order chi connectivity index (χ1) is 6.31. The van der Waals surface area contributed by atoms with E-state index >= 15 is 0 Å². The van der Waals surface area contributed by atoms with E-state index in [1.807, 2.05) is 6.07 Å². The van der Waals surface area contributed by atoms with Crippen molar-refractivity contribution in [3.63, 3.8) is 0 Å². The maximum atomic E-state index is 8.69. The van der Waals surface area contributed by atoms with E-state index < -0.39 is 0 Å². The Morgan fingerprint density at radius 2 is 2.46 bits per heavy atom. The molecule has 0 bridgehead atoms. The topological polar surface area (TPSA) is 72.3 Å². The van der Waals surface area contributed by atoms with E-state index in [1.165, 1.54) is 12.8 Å². The van der Waals surface area contributed by atoms with Crippen LogP contribution in [-0.4, -0.2) is 16.9 Å². The molecule has 0 aromatic carbocycles. The van der Waals surface area contributed by atoms with Gasteiger partial charge in [-0.05, 0) is 19.3 Å². The molecule has 13 heavy (non-hydrogen) atoms. The fourth-order valence-electron chi connectivity index (χ4n) is 1.33. The zero-order valence-corrected chi connectivity index (χ0v) is 7.44. The van der Waals surface area contributed by atoms with E-state index in [2.05, 4.69) is 5.16 Å². The monoisotopic (exact) mass is 182 g/mol. The van der Waals surface area contributed by atoms with Gasteiger partial charge in [-0.2, -0.15) is 0 Å². The molecule has 1 unspecified atom stereocenters. The normalized spacial score (nSPS) is 18.9. The Morgan fingerprint density at radius 3 is 3.08 bits per heavy atom. The molecule has 72 valence electrons. The molecule has 0 saturated heterocycles. The van der Waals surface area contributed by atoms with Crippen molar-refractivity contribution >= 4 is 0 Å². The van der Waals surface area contributed by atoms with Crippen LogP contribution < -0.4 is 5.73 Å². The van der Waals surface area contributed by atoms with Gasteiger partial charge >= 0.3 is 0 Å². The first kappa shape index (κ1) is 8.72. The molecule has 1 aliphatic carbocycles. The molecule has 2 rings (SSSR count). The van der Waals surface area contributed by atoms with Crippen molar-refractivity contribution in [3.05, 3.63) is 17.5 Å². The smallest absolute Gasteiger partial charge is 0.140 e. The largest absolute Gasteiger partial charge is 0.396 e. The summed E-state index contributed by atoms with van der Waals surface area (Å²) in [6.45, 7) is 0.0901. The highest BCUT2D eigenvalue weighted by atomic mass is 16.5. The van der Waals surface area contributed by atoms with E-state index in [0.29, 0.717) is 12.3 Å². The number of rotatable bonds is 4. The summed E-state index contributed by atoms with van der Waals surface area (Å²) >= 11 is 0. The average molecular weight is 182 g/mol. The molecule has 0 radical (unpaired) electrons. The van der Waals surface area contributed by atoms with Gasteiger partial charge in [-0.3, -0.25) is 0 Å². The molecule has 4 heteroatoms. The second kappa shape index (κ2) is 3.47. The lowest BCUT2D eigenvalue weighted by atomic mass is 10.1. The molecule has 0 spiro atoms. The van der Waals surface area contributed by atoms with Gasteiger partial charge in [0.1, 0.15) is 11.5 Å². The molecule has 1 atom stereocenters. The average Bonchev–Trinajstić information content (AvgIpc) is 2.84. The van der Waals surface area contributed by atoms with Crippen molar-refractivity contribution in [1.29, 1.82) is 0 Å². The number of nitrogens with zero attached hydrogens (tertiary/aromatic N) is 1. The number of hydrogen-bond donors (Lipinski definition) is 2. The molecular weight excluding hydrogens is 168 g/mol. The van der Waals surface area contributed by atoms with Crippen LogP contribution in [0.4, 0.5) is 0 Å². The van der Waals surface area contributed by atoms with Crippen LogP contribution in [0.3, 0.4) is 0 Å². The van der Waals surface area contributed by atoms with Crippen LogP contribution in [0.15, 0.2) is 10.6 Å². The summed E-state index contributed by atoms with van der Waals surface area (Å²) in [5.74, 6) is 1.52. The Bertz CT molecular complexity index is 281. The second-order valence-corrected chi connectivity index (χ2v) is 3.55. The number of aliphatic hydroxyl groups excluding tert-OH is 1. The quantitative estimate of drug-likeness (QED) is 0.726. The van der Waals surface area contributed by atoms with Crippen LogP contribution >= 0.6 is 0 Å². The Morgan fingerprint density at radius 1 is 1.69 bits per heavy atom. The Balaban J connectivity index is 2.03. The minimum Gasteiger partial charge on any atom is -0.396 e. The summed E-state index contributed by atoms with van der Waals surface area (Å²) < 4.78 is 5.14. The van der Waals surface area contributed by atoms with Gasteiger partial charge in [0.15, 0.2) is 0 Å². The first-order valence-corrected chi connectivity index (χ1v) is 4.64. The summed E-state index contributed by atoms with van der Waals surface area (Å²) in [4.78, 5) is 0. The molecule has 1 fully saturated rings. The molecule has 4 nitrogen and oxygen atoms in total. The Kier molecular flexibility index (Phi) is 2.33. The Labute approximate surface area is 76.7 Å². The summed E-state index contributed by atoms with van der Waals surface area (Å²) in [5, 5.41) is 12.6. The highest BCUT2D eigenvalue weighted by molar-refractivity contribution is 5.16. The fourth-order valence-corrected chi connectivity index (χ4v) is 1.33. The van der Waals surface area contributed by atoms with Gasteiger partial charge in [0, 0.05) is 18.6 Å². The highest BCUT2D eigenvalue weighted by Crippen LogP contribution is 2.40. The predicted molar refractivity (Wildman–Crippen MR) is 47.1 cm³/mol. The van der Waals surface area contributed by atoms with Gasteiger partial charge in [0.2, 0.25) is 0 Å². The van der Waals surface area contributed by atoms with Crippen LogP contribution in [-0.2, 0) is 0 Å². The van der Waals surface area contributed by atoms with Gasteiger partial charge in [-0.1, -0.05) is 5.16 Å². The maximum absolute atomic E-state index is 8.69. The van der Waals surface area contributed by atoms with Crippen LogP contribution in [0.5, 0.6) is 0 Å². The van der Waals surface area contributed by atoms with Crippen molar-refractivity contribution in [2.75, 3.05) is 6.61 Å². The van der Waals surface area contributed by atoms with E-state index in [-0.39, 0.29) is 12.6 Å². The summed E-state index contributed by atoms with van der Waals surface area (Å²) in [6.07, 6.45) is 2.93. The van der Waals surface area contributed by atoms with Crippen LogP contribution in [0.2, 0.25) is 0 Å². The van der Waals surface area contributed by atoms with E-state index in [0.717, 1.165) is 11.5 Å². The third kappa shape index (κ3) is 1.89. The molecule has 1 saturated carbocycles. The molecular formula is C9H14N2O2. The van der Waals surface area contributed by atoms with Gasteiger partial charge in [0.05, 0.1) is 6.04 Å². The van der Waals surface area contributed by atoms with Crippen LogP contribution in [0.25, 0.3) is 0 Å². The van der Waals surface area contributed by atoms with E-state index in [4.69, 9.17) is 15.4 Å². The molecule has 0 aliphatic heterocycles. The van der Waals surface area contributed by atoms with Gasteiger partial charge in [0.25, 0.3) is 0 Å². The lowest BCUT2D eigenvalue weighted by molar-refractivity contribution is 0.273. The molecule has 0 amide bonds. The number of hydrogen-bond acceptors (Lipinski definition) is 4. The minimum absolute atomic E-state index is 0.0901. The predicted octanol–water partition coefficient (Wildman–Crippen LogP) is 0.934. The van der Waals surface area contributed by atoms with Crippen LogP contribution in [0, 0.1) is 0 Å². The summed E-state index contributed by atoms with van der Waals surface area (Å²) in [7, 11) is 0. The zero-order chi connectivity index (χ0) is 9.26.